The Morgan fingerprint density at radius 3 is 2.83 bits per heavy atom. The van der Waals surface area contributed by atoms with E-state index in [9.17, 15) is 4.79 Å². The molecule has 0 aliphatic rings. The van der Waals surface area contributed by atoms with Crippen molar-refractivity contribution in [2.45, 2.75) is 58.4 Å². The molecule has 1 amide bonds. The molecule has 1 N–H and O–H groups in total. The Morgan fingerprint density at radius 1 is 1.23 bits per heavy atom. The Kier molecular flexibility index (Phi) is 10.4. The zero-order chi connectivity index (χ0) is 21.6. The van der Waals surface area contributed by atoms with Gasteiger partial charge in [0.25, 0.3) is 0 Å². The smallest absolute Gasteiger partial charge is 0.244 e. The van der Waals surface area contributed by atoms with Crippen LogP contribution in [-0.4, -0.2) is 24.0 Å². The normalized spacial score (nSPS) is 12.7. The molecule has 0 saturated heterocycles. The number of unbranched alkanes of at least 4 members (excludes halogenated alkanes) is 1. The Bertz CT molecular complexity index is 828. The highest BCUT2D eigenvalue weighted by molar-refractivity contribution is 5.88. The molecule has 2 rings (SSSR count). The second kappa shape index (κ2) is 13.4. The number of hydrogen-bond donors (Lipinski definition) is 1. The van der Waals surface area contributed by atoms with E-state index in [0.717, 1.165) is 49.8 Å². The molecular formula is C26H34N2O2. The average molecular weight is 407 g/mol. The summed E-state index contributed by atoms with van der Waals surface area (Å²) in [6.07, 6.45) is 15.3. The fraction of sp³-hybridized carbons (Fsp3) is 0.385. The molecule has 0 aliphatic heterocycles. The summed E-state index contributed by atoms with van der Waals surface area (Å²) in [5.74, 6) is 0.789. The van der Waals surface area contributed by atoms with Gasteiger partial charge in [-0.15, -0.1) is 0 Å². The third-order valence-corrected chi connectivity index (χ3v) is 5.00. The highest BCUT2D eigenvalue weighted by Gasteiger charge is 2.05. The van der Waals surface area contributed by atoms with Gasteiger partial charge in [0.2, 0.25) is 5.91 Å². The van der Waals surface area contributed by atoms with Crippen LogP contribution in [-0.2, 0) is 11.2 Å². The third kappa shape index (κ3) is 8.64. The van der Waals surface area contributed by atoms with E-state index in [0.29, 0.717) is 0 Å². The summed E-state index contributed by atoms with van der Waals surface area (Å²) in [4.78, 5) is 16.4. The van der Waals surface area contributed by atoms with E-state index in [2.05, 4.69) is 29.4 Å². The molecule has 1 aromatic carbocycles. The number of aromatic nitrogens is 1. The topological polar surface area (TPSA) is 51.2 Å². The van der Waals surface area contributed by atoms with Crippen LogP contribution in [0.25, 0.3) is 5.57 Å². The van der Waals surface area contributed by atoms with Crippen molar-refractivity contribution < 1.29 is 9.53 Å². The standard InChI is InChI=1S/C26H34N2O2/c1-4-5-13-23(24-15-7-16-25(19-24)30-3)14-8-17-26(29)28-21(2)10-6-11-22-12-9-18-27-20-22/h7-9,12,14-21H,4-6,10-11,13H2,1-3H3,(H,28,29)/t21-/m1/s1. The fourth-order valence-corrected chi connectivity index (χ4v) is 3.29. The first-order chi connectivity index (χ1) is 14.6. The van der Waals surface area contributed by atoms with Crippen LogP contribution in [0.4, 0.5) is 0 Å². The Labute approximate surface area is 181 Å². The van der Waals surface area contributed by atoms with Gasteiger partial charge in [-0.2, -0.15) is 0 Å². The van der Waals surface area contributed by atoms with Crippen LogP contribution >= 0.6 is 0 Å². The summed E-state index contributed by atoms with van der Waals surface area (Å²) >= 11 is 0. The summed E-state index contributed by atoms with van der Waals surface area (Å²) < 4.78 is 5.34. The number of nitrogens with zero attached hydrogens (tertiary/aromatic N) is 1. The lowest BCUT2D eigenvalue weighted by Gasteiger charge is -2.12. The number of aryl methyl sites for hydroxylation is 1. The Balaban J connectivity index is 1.87. The third-order valence-electron chi connectivity index (χ3n) is 5.00. The minimum Gasteiger partial charge on any atom is -0.497 e. The summed E-state index contributed by atoms with van der Waals surface area (Å²) in [5, 5.41) is 3.05. The van der Waals surface area contributed by atoms with Gasteiger partial charge in [0.1, 0.15) is 5.75 Å². The van der Waals surface area contributed by atoms with E-state index in [1.165, 1.54) is 11.1 Å². The van der Waals surface area contributed by atoms with E-state index >= 15 is 0 Å². The first-order valence-corrected chi connectivity index (χ1v) is 10.8. The number of hydrogen-bond acceptors (Lipinski definition) is 3. The van der Waals surface area contributed by atoms with Crippen molar-refractivity contribution >= 4 is 11.5 Å². The molecule has 0 saturated carbocycles. The lowest BCUT2D eigenvalue weighted by Crippen LogP contribution is -2.31. The minimum absolute atomic E-state index is 0.0550. The summed E-state index contributed by atoms with van der Waals surface area (Å²) in [6.45, 7) is 4.23. The molecule has 0 spiro atoms. The number of amides is 1. The van der Waals surface area contributed by atoms with Crippen LogP contribution in [0.1, 0.15) is 57.1 Å². The van der Waals surface area contributed by atoms with E-state index < -0.39 is 0 Å². The van der Waals surface area contributed by atoms with Gasteiger partial charge < -0.3 is 10.1 Å². The molecule has 160 valence electrons. The first-order valence-electron chi connectivity index (χ1n) is 10.8. The summed E-state index contributed by atoms with van der Waals surface area (Å²) in [7, 11) is 1.68. The van der Waals surface area contributed by atoms with Crippen LogP contribution in [0.5, 0.6) is 5.75 Å². The molecule has 1 atom stereocenters. The summed E-state index contributed by atoms with van der Waals surface area (Å²) in [5.41, 5.74) is 3.58. The number of pyridine rings is 1. The number of benzene rings is 1. The van der Waals surface area contributed by atoms with Gasteiger partial charge in [-0.1, -0.05) is 43.7 Å². The van der Waals surface area contributed by atoms with Gasteiger partial charge in [-0.05, 0) is 73.9 Å². The maximum atomic E-state index is 12.3. The lowest BCUT2D eigenvalue weighted by atomic mass is 9.99. The SMILES string of the molecule is CCCCC(=CC=CC(=O)N[C@H](C)CCCc1cccnc1)c1cccc(OC)c1. The molecular weight excluding hydrogens is 372 g/mol. The van der Waals surface area contributed by atoms with Crippen LogP contribution in [0.3, 0.4) is 0 Å². The molecule has 0 aliphatic carbocycles. The predicted molar refractivity (Wildman–Crippen MR) is 124 cm³/mol. The Hall–Kier alpha value is -2.88. The van der Waals surface area contributed by atoms with Crippen LogP contribution < -0.4 is 10.1 Å². The molecule has 4 heteroatoms. The zero-order valence-corrected chi connectivity index (χ0v) is 18.4. The van der Waals surface area contributed by atoms with Crippen molar-refractivity contribution in [2.24, 2.45) is 0 Å². The van der Waals surface area contributed by atoms with Gasteiger partial charge >= 0.3 is 0 Å². The van der Waals surface area contributed by atoms with Crippen LogP contribution in [0.15, 0.2) is 67.0 Å². The number of ether oxygens (including phenoxy) is 1. The number of nitrogens with one attached hydrogen (secondary N) is 1. The monoisotopic (exact) mass is 406 g/mol. The van der Waals surface area contributed by atoms with Gasteiger partial charge in [-0.25, -0.2) is 0 Å². The van der Waals surface area contributed by atoms with Gasteiger partial charge in [0.05, 0.1) is 7.11 Å². The minimum atomic E-state index is -0.0550. The lowest BCUT2D eigenvalue weighted by molar-refractivity contribution is -0.117. The number of rotatable bonds is 12. The second-order valence-electron chi connectivity index (χ2n) is 7.55. The highest BCUT2D eigenvalue weighted by Crippen LogP contribution is 2.24. The summed E-state index contributed by atoms with van der Waals surface area (Å²) in [6, 6.07) is 12.3. The molecule has 0 fully saturated rings. The van der Waals surface area contributed by atoms with Crippen molar-refractivity contribution in [1.82, 2.24) is 10.3 Å². The molecule has 0 radical (unpaired) electrons. The van der Waals surface area contributed by atoms with E-state index in [1.54, 1.807) is 19.4 Å². The number of methoxy groups -OCH3 is 1. The number of allylic oxidation sites excluding steroid dienone is 3. The molecule has 0 unspecified atom stereocenters. The average Bonchev–Trinajstić information content (AvgIpc) is 2.76. The number of carbonyl (C=O) groups excluding carboxylic acids is 1. The first kappa shape index (κ1) is 23.4. The number of carbonyl (C=O) groups is 1. The van der Waals surface area contributed by atoms with Crippen LogP contribution in [0.2, 0.25) is 0 Å². The van der Waals surface area contributed by atoms with E-state index in [-0.39, 0.29) is 11.9 Å². The van der Waals surface area contributed by atoms with Crippen molar-refractivity contribution in [3.63, 3.8) is 0 Å². The van der Waals surface area contributed by atoms with Gasteiger partial charge in [0.15, 0.2) is 0 Å². The fourth-order valence-electron chi connectivity index (χ4n) is 3.29. The largest absolute Gasteiger partial charge is 0.497 e. The van der Waals surface area contributed by atoms with Gasteiger partial charge in [0, 0.05) is 24.5 Å². The van der Waals surface area contributed by atoms with Gasteiger partial charge in [-0.3, -0.25) is 9.78 Å². The van der Waals surface area contributed by atoms with Crippen molar-refractivity contribution in [3.05, 3.63) is 78.1 Å². The van der Waals surface area contributed by atoms with Crippen molar-refractivity contribution in [2.75, 3.05) is 7.11 Å². The highest BCUT2D eigenvalue weighted by atomic mass is 16.5. The molecule has 4 nitrogen and oxygen atoms in total. The molecule has 2 aromatic rings. The predicted octanol–water partition coefficient (Wildman–Crippen LogP) is 5.75. The molecule has 0 bridgehead atoms. The van der Waals surface area contributed by atoms with Crippen molar-refractivity contribution in [3.8, 4) is 5.75 Å². The van der Waals surface area contributed by atoms with E-state index in [4.69, 9.17) is 4.74 Å². The van der Waals surface area contributed by atoms with Crippen molar-refractivity contribution in [1.29, 1.82) is 0 Å². The zero-order valence-electron chi connectivity index (χ0n) is 18.4. The maximum absolute atomic E-state index is 12.3. The molecule has 30 heavy (non-hydrogen) atoms. The Morgan fingerprint density at radius 2 is 2.10 bits per heavy atom. The quantitative estimate of drug-likeness (QED) is 0.361. The maximum Gasteiger partial charge on any atom is 0.244 e. The second-order valence-corrected chi connectivity index (χ2v) is 7.55. The molecule has 1 heterocycles. The van der Waals surface area contributed by atoms with E-state index in [1.807, 2.05) is 49.5 Å². The molecule has 1 aromatic heterocycles. The van der Waals surface area contributed by atoms with Crippen LogP contribution in [0, 0.1) is 0 Å².